The van der Waals surface area contributed by atoms with Crippen LogP contribution >= 0.6 is 0 Å². The Bertz CT molecular complexity index is 1070. The summed E-state index contributed by atoms with van der Waals surface area (Å²) in [4.78, 5) is 18.9. The first-order valence-electron chi connectivity index (χ1n) is 12.6. The van der Waals surface area contributed by atoms with Gasteiger partial charge in [0.1, 0.15) is 5.75 Å². The van der Waals surface area contributed by atoms with Crippen molar-refractivity contribution in [1.29, 1.82) is 0 Å². The van der Waals surface area contributed by atoms with Crippen molar-refractivity contribution in [2.45, 2.75) is 77.0 Å². The number of ether oxygens (including phenoxy) is 1. The molecule has 33 heavy (non-hydrogen) atoms. The van der Waals surface area contributed by atoms with Gasteiger partial charge in [-0.15, -0.1) is 0 Å². The van der Waals surface area contributed by atoms with Gasteiger partial charge in [-0.25, -0.2) is 0 Å². The van der Waals surface area contributed by atoms with E-state index in [4.69, 9.17) is 4.74 Å². The molecule has 3 aromatic rings. The maximum Gasteiger partial charge on any atom is 0.250 e. The van der Waals surface area contributed by atoms with E-state index in [1.807, 2.05) is 43.7 Å². The Hall–Kier alpha value is -2.66. The lowest BCUT2D eigenvalue weighted by atomic mass is 9.93. The van der Waals surface area contributed by atoms with Crippen molar-refractivity contribution in [2.75, 3.05) is 6.54 Å². The highest BCUT2D eigenvalue weighted by molar-refractivity contribution is 5.80. The number of benzene rings is 1. The zero-order chi connectivity index (χ0) is 23.0. The first kappa shape index (κ1) is 23.5. The van der Waals surface area contributed by atoms with Gasteiger partial charge in [-0.3, -0.25) is 14.7 Å². The molecule has 1 fully saturated rings. The first-order valence-corrected chi connectivity index (χ1v) is 12.6. The standard InChI is InChI=1S/C28H37N3O2/c1-3-4-12-28(33-25-14-15-26-23(20-25)13-16-27(32)30(26)2)31(24-10-6-5-7-11-24)19-17-22-9-8-18-29-21-22/h8-9,13-16,18,20-21,24,28H,3-7,10-12,17,19H2,1-2H3. The molecule has 0 radical (unpaired) electrons. The largest absolute Gasteiger partial charge is 0.475 e. The predicted octanol–water partition coefficient (Wildman–Crippen LogP) is 5.71. The molecule has 176 valence electrons. The van der Waals surface area contributed by atoms with Crippen molar-refractivity contribution < 1.29 is 4.74 Å². The smallest absolute Gasteiger partial charge is 0.250 e. The van der Waals surface area contributed by atoms with E-state index >= 15 is 0 Å². The van der Waals surface area contributed by atoms with Crippen LogP contribution in [0.2, 0.25) is 0 Å². The topological polar surface area (TPSA) is 47.4 Å². The predicted molar refractivity (Wildman–Crippen MR) is 135 cm³/mol. The zero-order valence-corrected chi connectivity index (χ0v) is 20.1. The first-order chi connectivity index (χ1) is 16.2. The Morgan fingerprint density at radius 3 is 2.76 bits per heavy atom. The van der Waals surface area contributed by atoms with Crippen LogP contribution in [0.5, 0.6) is 5.75 Å². The van der Waals surface area contributed by atoms with Gasteiger partial charge in [-0.2, -0.15) is 0 Å². The third-order valence-corrected chi connectivity index (χ3v) is 6.97. The van der Waals surface area contributed by atoms with Crippen LogP contribution in [-0.4, -0.2) is 33.3 Å². The molecule has 0 N–H and O–H groups in total. The molecule has 5 nitrogen and oxygen atoms in total. The number of aromatic nitrogens is 2. The van der Waals surface area contributed by atoms with Crippen LogP contribution in [0.4, 0.5) is 0 Å². The molecule has 0 bridgehead atoms. The molecule has 2 heterocycles. The highest BCUT2D eigenvalue weighted by Crippen LogP contribution is 2.29. The Balaban J connectivity index is 1.58. The summed E-state index contributed by atoms with van der Waals surface area (Å²) in [7, 11) is 1.82. The van der Waals surface area contributed by atoms with Crippen molar-refractivity contribution in [2.24, 2.45) is 7.05 Å². The van der Waals surface area contributed by atoms with Gasteiger partial charge in [0, 0.05) is 43.5 Å². The minimum Gasteiger partial charge on any atom is -0.475 e. The fourth-order valence-electron chi connectivity index (χ4n) is 5.04. The lowest BCUT2D eigenvalue weighted by Crippen LogP contribution is -2.48. The van der Waals surface area contributed by atoms with Crippen LogP contribution in [0.25, 0.3) is 10.9 Å². The van der Waals surface area contributed by atoms with Gasteiger partial charge < -0.3 is 9.30 Å². The molecule has 1 aliphatic rings. The molecule has 5 heteroatoms. The fraction of sp³-hybridized carbons (Fsp3) is 0.500. The monoisotopic (exact) mass is 447 g/mol. The minimum absolute atomic E-state index is 0.0101. The van der Waals surface area contributed by atoms with Crippen molar-refractivity contribution in [1.82, 2.24) is 14.5 Å². The van der Waals surface area contributed by atoms with E-state index in [9.17, 15) is 4.79 Å². The van der Waals surface area contributed by atoms with Gasteiger partial charge in [0.15, 0.2) is 6.23 Å². The third-order valence-electron chi connectivity index (χ3n) is 6.97. The second-order valence-electron chi connectivity index (χ2n) is 9.31. The van der Waals surface area contributed by atoms with E-state index in [2.05, 4.69) is 28.9 Å². The van der Waals surface area contributed by atoms with E-state index in [0.717, 1.165) is 48.9 Å². The van der Waals surface area contributed by atoms with Crippen molar-refractivity contribution >= 4 is 10.9 Å². The maximum atomic E-state index is 12.0. The van der Waals surface area contributed by atoms with E-state index in [-0.39, 0.29) is 11.8 Å². The van der Waals surface area contributed by atoms with Gasteiger partial charge in [-0.1, -0.05) is 38.7 Å². The highest BCUT2D eigenvalue weighted by atomic mass is 16.5. The second kappa shape index (κ2) is 11.5. The van der Waals surface area contributed by atoms with Crippen molar-refractivity contribution in [3.8, 4) is 5.75 Å². The van der Waals surface area contributed by atoms with Crippen molar-refractivity contribution in [3.05, 3.63) is 70.8 Å². The molecule has 1 saturated carbocycles. The minimum atomic E-state index is 0.0101. The molecule has 1 atom stereocenters. The zero-order valence-electron chi connectivity index (χ0n) is 20.1. The average molecular weight is 448 g/mol. The van der Waals surface area contributed by atoms with E-state index < -0.39 is 0 Å². The highest BCUT2D eigenvalue weighted by Gasteiger charge is 2.28. The number of pyridine rings is 2. The normalized spacial score (nSPS) is 15.7. The number of nitrogens with zero attached hydrogens (tertiary/aromatic N) is 3. The number of hydrogen-bond donors (Lipinski definition) is 0. The molecule has 1 aliphatic carbocycles. The van der Waals surface area contributed by atoms with Crippen LogP contribution < -0.4 is 10.3 Å². The molecular weight excluding hydrogens is 410 g/mol. The summed E-state index contributed by atoms with van der Waals surface area (Å²) in [6.45, 7) is 3.22. The second-order valence-corrected chi connectivity index (χ2v) is 9.31. The van der Waals surface area contributed by atoms with E-state index in [1.54, 1.807) is 10.6 Å². The number of rotatable bonds is 10. The van der Waals surface area contributed by atoms with Crippen LogP contribution in [0, 0.1) is 0 Å². The summed E-state index contributed by atoms with van der Waals surface area (Å²) >= 11 is 0. The van der Waals surface area contributed by atoms with Gasteiger partial charge in [0.05, 0.1) is 5.52 Å². The van der Waals surface area contributed by atoms with Crippen molar-refractivity contribution in [3.63, 3.8) is 0 Å². The number of unbranched alkanes of at least 4 members (excludes halogenated alkanes) is 1. The molecule has 1 unspecified atom stereocenters. The molecule has 2 aromatic heterocycles. The molecular formula is C28H37N3O2. The molecule has 4 rings (SSSR count). The molecule has 0 amide bonds. The molecule has 1 aromatic carbocycles. The Morgan fingerprint density at radius 1 is 1.15 bits per heavy atom. The number of fused-ring (bicyclic) bond motifs is 1. The fourth-order valence-corrected chi connectivity index (χ4v) is 5.04. The Labute approximate surface area is 197 Å². The Morgan fingerprint density at radius 2 is 2.00 bits per heavy atom. The van der Waals surface area contributed by atoms with E-state index in [1.165, 1.54) is 37.7 Å². The van der Waals surface area contributed by atoms with Crippen LogP contribution in [0.3, 0.4) is 0 Å². The summed E-state index contributed by atoms with van der Waals surface area (Å²) in [6, 6.07) is 14.4. The molecule has 0 saturated heterocycles. The summed E-state index contributed by atoms with van der Waals surface area (Å²) in [5.74, 6) is 0.879. The van der Waals surface area contributed by atoms with Crippen LogP contribution in [0.1, 0.15) is 63.9 Å². The average Bonchev–Trinajstić information content (AvgIpc) is 2.86. The molecule has 0 spiro atoms. The lowest BCUT2D eigenvalue weighted by molar-refractivity contribution is -0.0221. The SMILES string of the molecule is CCCCC(Oc1ccc2c(ccc(=O)n2C)c1)N(CCc1cccnc1)C1CCCCC1. The van der Waals surface area contributed by atoms with Crippen LogP contribution in [0.15, 0.2) is 59.7 Å². The molecule has 0 aliphatic heterocycles. The quantitative estimate of drug-likeness (QED) is 0.374. The van der Waals surface area contributed by atoms with Gasteiger partial charge in [0.25, 0.3) is 5.56 Å². The number of hydrogen-bond acceptors (Lipinski definition) is 4. The third kappa shape index (κ3) is 6.02. The van der Waals surface area contributed by atoms with E-state index in [0.29, 0.717) is 6.04 Å². The van der Waals surface area contributed by atoms with Crippen LogP contribution in [-0.2, 0) is 13.5 Å². The Kier molecular flexibility index (Phi) is 8.16. The van der Waals surface area contributed by atoms with Gasteiger partial charge >= 0.3 is 0 Å². The summed E-state index contributed by atoms with van der Waals surface area (Å²) in [6.07, 6.45) is 14.6. The van der Waals surface area contributed by atoms with Gasteiger partial charge in [-0.05, 0) is 68.0 Å². The summed E-state index contributed by atoms with van der Waals surface area (Å²) in [5, 5.41) is 1.03. The summed E-state index contributed by atoms with van der Waals surface area (Å²) in [5.41, 5.74) is 2.22. The summed E-state index contributed by atoms with van der Waals surface area (Å²) < 4.78 is 8.41. The van der Waals surface area contributed by atoms with Gasteiger partial charge in [0.2, 0.25) is 0 Å². The number of aryl methyl sites for hydroxylation is 1. The lowest BCUT2D eigenvalue weighted by Gasteiger charge is -2.40. The maximum absolute atomic E-state index is 12.0.